The SMILES string of the molecule is CCN=C(NC(C)CCS(C)(=O)=O)NC1CC(C)(OC)C1(C)C. The van der Waals surface area contributed by atoms with E-state index in [1.807, 2.05) is 13.8 Å². The molecule has 136 valence electrons. The minimum atomic E-state index is -2.94. The molecule has 3 unspecified atom stereocenters. The molecule has 1 rings (SSSR count). The maximum Gasteiger partial charge on any atom is 0.191 e. The third kappa shape index (κ3) is 5.08. The molecule has 6 nitrogen and oxygen atoms in total. The molecule has 0 radical (unpaired) electrons. The van der Waals surface area contributed by atoms with Gasteiger partial charge in [0.2, 0.25) is 0 Å². The second-order valence-corrected chi connectivity index (χ2v) is 9.60. The zero-order chi connectivity index (χ0) is 17.9. The highest BCUT2D eigenvalue weighted by Gasteiger charge is 2.58. The molecule has 3 atom stereocenters. The Labute approximate surface area is 141 Å². The van der Waals surface area contributed by atoms with Gasteiger partial charge >= 0.3 is 0 Å². The molecule has 0 bridgehead atoms. The van der Waals surface area contributed by atoms with Crippen LogP contribution in [0.25, 0.3) is 0 Å². The van der Waals surface area contributed by atoms with Gasteiger partial charge in [0.1, 0.15) is 9.84 Å². The number of sulfone groups is 1. The van der Waals surface area contributed by atoms with Gasteiger partial charge in [0.05, 0.1) is 11.4 Å². The lowest BCUT2D eigenvalue weighted by atomic mass is 9.56. The van der Waals surface area contributed by atoms with Crippen LogP contribution in [0.15, 0.2) is 4.99 Å². The number of hydrogen-bond acceptors (Lipinski definition) is 4. The van der Waals surface area contributed by atoms with E-state index in [1.54, 1.807) is 7.11 Å². The highest BCUT2D eigenvalue weighted by molar-refractivity contribution is 7.90. The summed E-state index contributed by atoms with van der Waals surface area (Å²) in [6, 6.07) is 0.312. The molecule has 0 saturated heterocycles. The molecule has 0 amide bonds. The van der Waals surface area contributed by atoms with E-state index >= 15 is 0 Å². The van der Waals surface area contributed by atoms with Crippen LogP contribution < -0.4 is 10.6 Å². The average molecular weight is 348 g/mol. The number of nitrogens with one attached hydrogen (secondary N) is 2. The van der Waals surface area contributed by atoms with Gasteiger partial charge in [-0.2, -0.15) is 0 Å². The molecule has 23 heavy (non-hydrogen) atoms. The molecule has 1 saturated carbocycles. The molecule has 0 aliphatic heterocycles. The fourth-order valence-electron chi connectivity index (χ4n) is 2.88. The summed E-state index contributed by atoms with van der Waals surface area (Å²) in [5, 5.41) is 6.78. The van der Waals surface area contributed by atoms with Crippen LogP contribution in [0.4, 0.5) is 0 Å². The van der Waals surface area contributed by atoms with Crippen LogP contribution in [0.1, 0.15) is 47.5 Å². The minimum Gasteiger partial charge on any atom is -0.378 e. The van der Waals surface area contributed by atoms with Gasteiger partial charge in [-0.3, -0.25) is 4.99 Å². The Hall–Kier alpha value is -0.820. The summed E-state index contributed by atoms with van der Waals surface area (Å²) in [4.78, 5) is 4.47. The number of rotatable bonds is 7. The van der Waals surface area contributed by atoms with Gasteiger partial charge in [-0.1, -0.05) is 13.8 Å². The number of aliphatic imine (C=N–C) groups is 1. The molecule has 1 aliphatic carbocycles. The van der Waals surface area contributed by atoms with E-state index in [4.69, 9.17) is 4.74 Å². The van der Waals surface area contributed by atoms with Gasteiger partial charge < -0.3 is 15.4 Å². The Balaban J connectivity index is 2.63. The van der Waals surface area contributed by atoms with Gasteiger partial charge in [-0.15, -0.1) is 0 Å². The first kappa shape index (κ1) is 20.2. The number of hydrogen-bond donors (Lipinski definition) is 2. The van der Waals surface area contributed by atoms with E-state index < -0.39 is 9.84 Å². The third-order valence-electron chi connectivity index (χ3n) is 5.21. The van der Waals surface area contributed by atoms with Crippen molar-refractivity contribution in [3.63, 3.8) is 0 Å². The fraction of sp³-hybridized carbons (Fsp3) is 0.938. The monoisotopic (exact) mass is 347 g/mol. The van der Waals surface area contributed by atoms with Gasteiger partial charge in [0.15, 0.2) is 5.96 Å². The van der Waals surface area contributed by atoms with Gasteiger partial charge in [-0.25, -0.2) is 8.42 Å². The summed E-state index contributed by atoms with van der Waals surface area (Å²) < 4.78 is 28.2. The molecule has 7 heteroatoms. The number of guanidine groups is 1. The van der Waals surface area contributed by atoms with Crippen LogP contribution in [0.2, 0.25) is 0 Å². The normalized spacial score (nSPS) is 28.8. The standard InChI is InChI=1S/C16H33N3O3S/c1-8-17-14(18-12(2)9-10-23(7,20)21)19-13-11-16(5,22-6)15(13,3)4/h12-13H,8-11H2,1-7H3,(H2,17,18,19). The zero-order valence-electron chi connectivity index (χ0n) is 15.6. The Morgan fingerprint density at radius 3 is 2.43 bits per heavy atom. The predicted molar refractivity (Wildman–Crippen MR) is 95.6 cm³/mol. The second kappa shape index (κ2) is 7.38. The highest BCUT2D eigenvalue weighted by Crippen LogP contribution is 2.51. The molecule has 0 spiro atoms. The quantitative estimate of drug-likeness (QED) is 0.540. The second-order valence-electron chi connectivity index (χ2n) is 7.34. The summed E-state index contributed by atoms with van der Waals surface area (Å²) in [6.07, 6.45) is 2.74. The van der Waals surface area contributed by atoms with Crippen molar-refractivity contribution in [3.8, 4) is 0 Å². The number of ether oxygens (including phenoxy) is 1. The van der Waals surface area contributed by atoms with E-state index in [-0.39, 0.29) is 28.9 Å². The van der Waals surface area contributed by atoms with Crippen molar-refractivity contribution >= 4 is 15.8 Å². The highest BCUT2D eigenvalue weighted by atomic mass is 32.2. The summed E-state index contributed by atoms with van der Waals surface area (Å²) in [6.45, 7) is 11.1. The van der Waals surface area contributed by atoms with E-state index in [1.165, 1.54) is 6.26 Å². The molecular weight excluding hydrogens is 314 g/mol. The van der Waals surface area contributed by atoms with Crippen molar-refractivity contribution in [2.75, 3.05) is 25.7 Å². The molecule has 2 N–H and O–H groups in total. The van der Waals surface area contributed by atoms with Crippen molar-refractivity contribution in [2.24, 2.45) is 10.4 Å². The van der Waals surface area contributed by atoms with Crippen molar-refractivity contribution in [3.05, 3.63) is 0 Å². The zero-order valence-corrected chi connectivity index (χ0v) is 16.4. The van der Waals surface area contributed by atoms with Crippen molar-refractivity contribution < 1.29 is 13.2 Å². The first-order chi connectivity index (χ1) is 10.4. The fourth-order valence-corrected chi connectivity index (χ4v) is 3.66. The Morgan fingerprint density at radius 2 is 2.00 bits per heavy atom. The van der Waals surface area contributed by atoms with Crippen LogP contribution in [-0.4, -0.2) is 57.7 Å². The Kier molecular flexibility index (Phi) is 6.49. The van der Waals surface area contributed by atoms with Gasteiger partial charge in [0, 0.05) is 37.4 Å². The maximum atomic E-state index is 11.3. The molecule has 0 heterocycles. The van der Waals surface area contributed by atoms with Gasteiger partial charge in [-0.05, 0) is 33.6 Å². The molecule has 0 aromatic rings. The molecule has 1 aliphatic rings. The molecule has 0 aromatic carbocycles. The van der Waals surface area contributed by atoms with E-state index in [2.05, 4.69) is 36.4 Å². The topological polar surface area (TPSA) is 79.8 Å². The smallest absolute Gasteiger partial charge is 0.191 e. The first-order valence-electron chi connectivity index (χ1n) is 8.25. The summed E-state index contributed by atoms with van der Waals surface area (Å²) >= 11 is 0. The van der Waals surface area contributed by atoms with Gasteiger partial charge in [0.25, 0.3) is 0 Å². The maximum absolute atomic E-state index is 11.3. The van der Waals surface area contributed by atoms with Crippen LogP contribution in [0, 0.1) is 5.41 Å². The van der Waals surface area contributed by atoms with Crippen molar-refractivity contribution in [2.45, 2.75) is 65.1 Å². The Morgan fingerprint density at radius 1 is 1.39 bits per heavy atom. The lowest BCUT2D eigenvalue weighted by Crippen LogP contribution is -2.69. The van der Waals surface area contributed by atoms with E-state index in [9.17, 15) is 8.42 Å². The van der Waals surface area contributed by atoms with Crippen molar-refractivity contribution in [1.82, 2.24) is 10.6 Å². The van der Waals surface area contributed by atoms with Crippen LogP contribution >= 0.6 is 0 Å². The summed E-state index contributed by atoms with van der Waals surface area (Å²) in [5.74, 6) is 0.918. The van der Waals surface area contributed by atoms with E-state index in [0.717, 1.165) is 12.4 Å². The summed E-state index contributed by atoms with van der Waals surface area (Å²) in [7, 11) is -1.18. The average Bonchev–Trinajstić information content (AvgIpc) is 2.43. The van der Waals surface area contributed by atoms with Crippen LogP contribution in [-0.2, 0) is 14.6 Å². The molecular formula is C16H33N3O3S. The predicted octanol–water partition coefficient (Wildman–Crippen LogP) is 1.57. The van der Waals surface area contributed by atoms with E-state index in [0.29, 0.717) is 13.0 Å². The largest absolute Gasteiger partial charge is 0.378 e. The van der Waals surface area contributed by atoms with Crippen molar-refractivity contribution in [1.29, 1.82) is 0 Å². The van der Waals surface area contributed by atoms with Crippen LogP contribution in [0.3, 0.4) is 0 Å². The lowest BCUT2D eigenvalue weighted by molar-refractivity contribution is -0.176. The minimum absolute atomic E-state index is 0.00601. The molecule has 1 fully saturated rings. The first-order valence-corrected chi connectivity index (χ1v) is 10.3. The summed E-state index contributed by atoms with van der Waals surface area (Å²) in [5.41, 5.74) is -0.141. The Bertz CT molecular complexity index is 531. The third-order valence-corrected chi connectivity index (χ3v) is 6.19. The number of nitrogens with zero attached hydrogens (tertiary/aromatic N) is 1. The van der Waals surface area contributed by atoms with Crippen LogP contribution in [0.5, 0.6) is 0 Å². The molecule has 0 aromatic heterocycles. The number of methoxy groups -OCH3 is 1. The lowest BCUT2D eigenvalue weighted by Gasteiger charge is -2.59.